The zero-order valence-electron chi connectivity index (χ0n) is 19.7. The molecule has 34 heavy (non-hydrogen) atoms. The fourth-order valence-corrected chi connectivity index (χ4v) is 6.68. The molecule has 0 amide bonds. The summed E-state index contributed by atoms with van der Waals surface area (Å²) < 4.78 is 13.1. The summed E-state index contributed by atoms with van der Waals surface area (Å²) in [7, 11) is 0. The number of pyridine rings is 2. The summed E-state index contributed by atoms with van der Waals surface area (Å²) >= 11 is 1.80. The topological polar surface area (TPSA) is 90.7 Å². The third-order valence-corrected chi connectivity index (χ3v) is 8.23. The van der Waals surface area contributed by atoms with E-state index in [1.54, 1.807) is 29.3 Å². The highest BCUT2D eigenvalue weighted by atomic mass is 32.2. The van der Waals surface area contributed by atoms with Gasteiger partial charge in [-0.05, 0) is 56.9 Å². The molecule has 7 nitrogen and oxygen atoms in total. The van der Waals surface area contributed by atoms with E-state index in [1.807, 2.05) is 20.8 Å². The molecule has 3 aliphatic heterocycles. The lowest BCUT2D eigenvalue weighted by Crippen LogP contribution is -2.44. The average Bonchev–Trinajstić information content (AvgIpc) is 3.18. The molecule has 0 fully saturated rings. The van der Waals surface area contributed by atoms with E-state index in [1.165, 1.54) is 5.56 Å². The number of rotatable bonds is 3. The molecule has 1 aromatic carbocycles. The van der Waals surface area contributed by atoms with Crippen molar-refractivity contribution in [3.05, 3.63) is 50.3 Å². The second-order valence-corrected chi connectivity index (χ2v) is 10.6. The van der Waals surface area contributed by atoms with Crippen molar-refractivity contribution in [3.8, 4) is 17.1 Å². The zero-order valence-corrected chi connectivity index (χ0v) is 20.5. The maximum absolute atomic E-state index is 13.5. The monoisotopic (exact) mass is 478 g/mol. The van der Waals surface area contributed by atoms with E-state index >= 15 is 0 Å². The third kappa shape index (κ3) is 2.78. The molecule has 3 aliphatic rings. The van der Waals surface area contributed by atoms with Crippen LogP contribution in [0.5, 0.6) is 5.75 Å². The molecular weight excluding hydrogens is 452 g/mol. The summed E-state index contributed by atoms with van der Waals surface area (Å²) in [5.41, 5.74) is 4.22. The number of benzene rings is 1. The summed E-state index contributed by atoms with van der Waals surface area (Å²) in [6, 6.07) is 3.84. The maximum Gasteiger partial charge on any atom is 0.343 e. The Bertz CT molecular complexity index is 1480. The van der Waals surface area contributed by atoms with Gasteiger partial charge in [0, 0.05) is 22.3 Å². The van der Waals surface area contributed by atoms with Crippen LogP contribution in [0.3, 0.4) is 0 Å². The van der Waals surface area contributed by atoms with E-state index in [2.05, 4.69) is 6.07 Å². The molecule has 0 aliphatic carbocycles. The fraction of sp³-hybridized carbons (Fsp3) is 0.423. The van der Waals surface area contributed by atoms with E-state index in [4.69, 9.17) is 14.5 Å². The lowest BCUT2D eigenvalue weighted by atomic mass is 9.86. The lowest BCUT2D eigenvalue weighted by molar-refractivity contribution is -0.172. The number of hydrogen-bond donors (Lipinski definition) is 1. The number of esters is 1. The van der Waals surface area contributed by atoms with Crippen LogP contribution < -0.4 is 10.3 Å². The average molecular weight is 479 g/mol. The normalized spacial score (nSPS) is 20.2. The van der Waals surface area contributed by atoms with Crippen LogP contribution >= 0.6 is 11.8 Å². The molecule has 8 heteroatoms. The van der Waals surface area contributed by atoms with Gasteiger partial charge in [0.25, 0.3) is 5.56 Å². The summed E-state index contributed by atoms with van der Waals surface area (Å²) in [6.45, 7) is 8.12. The van der Waals surface area contributed by atoms with Gasteiger partial charge in [0.15, 0.2) is 5.60 Å². The first-order chi connectivity index (χ1) is 16.2. The Hall–Kier alpha value is -2.84. The predicted molar refractivity (Wildman–Crippen MR) is 129 cm³/mol. The van der Waals surface area contributed by atoms with E-state index in [0.717, 1.165) is 50.5 Å². The zero-order chi connectivity index (χ0) is 23.9. The van der Waals surface area contributed by atoms with Gasteiger partial charge in [-0.2, -0.15) is 0 Å². The van der Waals surface area contributed by atoms with Crippen LogP contribution in [0, 0.1) is 6.92 Å². The van der Waals surface area contributed by atoms with E-state index in [0.29, 0.717) is 23.4 Å². The Morgan fingerprint density at radius 1 is 1.26 bits per heavy atom. The SMILES string of the molecule is CC[C@@]1(O)C(=O)OCc2c1cc1n(c2=O)Cc2c-1nc1cc(C)c(OC(C)C)c3c1c2CCS3. The van der Waals surface area contributed by atoms with Crippen molar-refractivity contribution in [1.82, 2.24) is 9.55 Å². The number of hydrogen-bond acceptors (Lipinski definition) is 7. The van der Waals surface area contributed by atoms with Gasteiger partial charge >= 0.3 is 5.97 Å². The highest BCUT2D eigenvalue weighted by Gasteiger charge is 2.45. The smallest absolute Gasteiger partial charge is 0.343 e. The van der Waals surface area contributed by atoms with Crippen LogP contribution in [0.4, 0.5) is 0 Å². The van der Waals surface area contributed by atoms with Crippen LogP contribution in [-0.4, -0.2) is 32.5 Å². The number of aryl methyl sites for hydroxylation is 2. The number of aliphatic hydroxyl groups is 1. The number of carbonyl (C=O) groups is 1. The molecule has 5 heterocycles. The standard InChI is InChI=1S/C26H26N2O5S/c1-5-26(31)17-9-19-21-15(10-28(19)24(29)16(17)11-32-25(26)30)14-6-7-34-23-20(14)18(27-21)8-13(4)22(23)33-12(2)3/h8-9,12,31H,5-7,10-11H2,1-4H3/t26-/m0/s1. The van der Waals surface area contributed by atoms with E-state index < -0.39 is 11.6 Å². The van der Waals surface area contributed by atoms with Crippen molar-refractivity contribution in [2.24, 2.45) is 0 Å². The highest BCUT2D eigenvalue weighted by molar-refractivity contribution is 7.99. The minimum absolute atomic E-state index is 0.0668. The van der Waals surface area contributed by atoms with Crippen molar-refractivity contribution in [1.29, 1.82) is 0 Å². The van der Waals surface area contributed by atoms with Crippen LogP contribution in [0.15, 0.2) is 21.8 Å². The van der Waals surface area contributed by atoms with Gasteiger partial charge in [-0.25, -0.2) is 9.78 Å². The Balaban J connectivity index is 1.63. The van der Waals surface area contributed by atoms with Crippen LogP contribution in [-0.2, 0) is 34.7 Å². The summed E-state index contributed by atoms with van der Waals surface area (Å²) in [4.78, 5) is 32.1. The first-order valence-corrected chi connectivity index (χ1v) is 12.7. The van der Waals surface area contributed by atoms with Crippen molar-refractivity contribution in [3.63, 3.8) is 0 Å². The Morgan fingerprint density at radius 3 is 2.79 bits per heavy atom. The molecule has 0 saturated heterocycles. The van der Waals surface area contributed by atoms with Crippen molar-refractivity contribution >= 4 is 28.6 Å². The number of ether oxygens (including phenoxy) is 2. The van der Waals surface area contributed by atoms with Crippen LogP contribution in [0.25, 0.3) is 22.3 Å². The molecule has 0 spiro atoms. The molecule has 0 saturated carbocycles. The second-order valence-electron chi connectivity index (χ2n) is 9.53. The van der Waals surface area contributed by atoms with E-state index in [9.17, 15) is 14.7 Å². The Labute approximate surface area is 201 Å². The molecule has 0 bridgehead atoms. The number of aromatic nitrogens is 2. The maximum atomic E-state index is 13.5. The molecule has 0 unspecified atom stereocenters. The van der Waals surface area contributed by atoms with Crippen molar-refractivity contribution in [2.75, 3.05) is 5.75 Å². The molecule has 3 aromatic rings. The predicted octanol–water partition coefficient (Wildman–Crippen LogP) is 3.82. The summed E-state index contributed by atoms with van der Waals surface area (Å²) in [6.07, 6.45) is 1.08. The van der Waals surface area contributed by atoms with Gasteiger partial charge in [0.2, 0.25) is 0 Å². The van der Waals surface area contributed by atoms with Gasteiger partial charge in [0.1, 0.15) is 12.4 Å². The first kappa shape index (κ1) is 21.7. The largest absolute Gasteiger partial charge is 0.490 e. The van der Waals surface area contributed by atoms with Gasteiger partial charge in [0.05, 0.1) is 40.0 Å². The van der Waals surface area contributed by atoms with Gasteiger partial charge in [-0.3, -0.25) is 4.79 Å². The number of cyclic esters (lactones) is 1. The number of fused-ring (bicyclic) bond motifs is 5. The minimum Gasteiger partial charge on any atom is -0.490 e. The number of nitrogens with zero attached hydrogens (tertiary/aromatic N) is 2. The van der Waals surface area contributed by atoms with E-state index in [-0.39, 0.29) is 24.7 Å². The molecule has 1 N–H and O–H groups in total. The number of thioether (sulfide) groups is 1. The quantitative estimate of drug-likeness (QED) is 0.448. The van der Waals surface area contributed by atoms with Crippen molar-refractivity contribution < 1.29 is 19.4 Å². The van der Waals surface area contributed by atoms with Crippen LogP contribution in [0.2, 0.25) is 0 Å². The highest BCUT2D eigenvalue weighted by Crippen LogP contribution is 2.48. The Kier molecular flexibility index (Phi) is 4.67. The second kappa shape index (κ2) is 7.33. The minimum atomic E-state index is -1.82. The molecule has 6 rings (SSSR count). The van der Waals surface area contributed by atoms with Gasteiger partial charge in [-0.15, -0.1) is 11.8 Å². The third-order valence-electron chi connectivity index (χ3n) is 7.14. The first-order valence-electron chi connectivity index (χ1n) is 11.7. The van der Waals surface area contributed by atoms with Gasteiger partial charge in [-0.1, -0.05) is 6.92 Å². The molecule has 0 radical (unpaired) electrons. The van der Waals surface area contributed by atoms with Crippen LogP contribution in [0.1, 0.15) is 55.0 Å². The molecule has 1 atom stereocenters. The van der Waals surface area contributed by atoms with Crippen molar-refractivity contribution in [2.45, 2.75) is 70.3 Å². The van der Waals surface area contributed by atoms with Gasteiger partial charge < -0.3 is 19.1 Å². The fourth-order valence-electron chi connectivity index (χ4n) is 5.46. The number of carbonyl (C=O) groups excluding carboxylic acids is 1. The lowest BCUT2D eigenvalue weighted by Gasteiger charge is -2.31. The summed E-state index contributed by atoms with van der Waals surface area (Å²) in [5.74, 6) is 1.14. The Morgan fingerprint density at radius 2 is 2.06 bits per heavy atom. The molecule has 2 aromatic heterocycles. The molecular formula is C26H26N2O5S. The molecule has 176 valence electrons. The summed E-state index contributed by atoms with van der Waals surface area (Å²) in [5, 5.41) is 12.2.